The first-order valence-corrected chi connectivity index (χ1v) is 7.94. The number of benzene rings is 2. The van der Waals surface area contributed by atoms with Gasteiger partial charge in [-0.25, -0.2) is 4.79 Å². The van der Waals surface area contributed by atoms with E-state index in [1.54, 1.807) is 23.1 Å². The van der Waals surface area contributed by atoms with E-state index in [0.29, 0.717) is 6.54 Å². The summed E-state index contributed by atoms with van der Waals surface area (Å²) in [5.41, 5.74) is 2.38. The summed E-state index contributed by atoms with van der Waals surface area (Å²) >= 11 is 0. The first-order chi connectivity index (χ1) is 11.6. The highest BCUT2D eigenvalue weighted by Crippen LogP contribution is 2.33. The van der Waals surface area contributed by atoms with Crippen molar-refractivity contribution in [3.63, 3.8) is 0 Å². The van der Waals surface area contributed by atoms with E-state index < -0.39 is 4.92 Å². The van der Waals surface area contributed by atoms with Crippen molar-refractivity contribution in [2.75, 3.05) is 11.9 Å². The molecule has 2 amide bonds. The van der Waals surface area contributed by atoms with Gasteiger partial charge in [0.25, 0.3) is 5.69 Å². The van der Waals surface area contributed by atoms with Gasteiger partial charge >= 0.3 is 6.03 Å². The normalized spacial score (nSPS) is 16.9. The maximum atomic E-state index is 12.7. The summed E-state index contributed by atoms with van der Waals surface area (Å²) in [7, 11) is 0. The van der Waals surface area contributed by atoms with Gasteiger partial charge in [-0.2, -0.15) is 0 Å². The number of para-hydroxylation sites is 2. The van der Waals surface area contributed by atoms with Gasteiger partial charge in [-0.1, -0.05) is 42.0 Å². The minimum absolute atomic E-state index is 0.00710. The molecule has 0 radical (unpaired) electrons. The number of nitrogens with zero attached hydrogens (tertiary/aromatic N) is 2. The van der Waals surface area contributed by atoms with Crippen LogP contribution in [-0.4, -0.2) is 22.4 Å². The summed E-state index contributed by atoms with van der Waals surface area (Å²) in [4.78, 5) is 25.0. The van der Waals surface area contributed by atoms with Gasteiger partial charge in [-0.05, 0) is 31.4 Å². The second-order valence-electron chi connectivity index (χ2n) is 5.97. The summed E-state index contributed by atoms with van der Waals surface area (Å²) in [5, 5.41) is 13.8. The van der Waals surface area contributed by atoms with E-state index >= 15 is 0 Å². The zero-order valence-electron chi connectivity index (χ0n) is 13.4. The van der Waals surface area contributed by atoms with Crippen molar-refractivity contribution in [1.29, 1.82) is 0 Å². The van der Waals surface area contributed by atoms with E-state index in [1.165, 1.54) is 6.07 Å². The molecule has 3 rings (SSSR count). The van der Waals surface area contributed by atoms with Crippen molar-refractivity contribution in [3.05, 3.63) is 69.8 Å². The molecule has 0 spiro atoms. The molecule has 24 heavy (non-hydrogen) atoms. The molecule has 0 bridgehead atoms. The number of hydrogen-bond acceptors (Lipinski definition) is 3. The number of aryl methyl sites for hydroxylation is 1. The van der Waals surface area contributed by atoms with Crippen LogP contribution < -0.4 is 5.32 Å². The summed E-state index contributed by atoms with van der Waals surface area (Å²) in [5.74, 6) is 0. The fraction of sp³-hybridized carbons (Fsp3) is 0.278. The van der Waals surface area contributed by atoms with Crippen LogP contribution in [0.4, 0.5) is 16.2 Å². The average Bonchev–Trinajstić information content (AvgIpc) is 3.05. The number of urea groups is 1. The molecule has 124 valence electrons. The third-order valence-electron chi connectivity index (χ3n) is 4.28. The molecule has 1 atom stereocenters. The lowest BCUT2D eigenvalue weighted by atomic mass is 10.0. The molecule has 1 N–H and O–H groups in total. The highest BCUT2D eigenvalue weighted by Gasteiger charge is 2.30. The van der Waals surface area contributed by atoms with Crippen LogP contribution in [0.5, 0.6) is 0 Å². The first-order valence-electron chi connectivity index (χ1n) is 7.94. The molecule has 2 aromatic carbocycles. The maximum Gasteiger partial charge on any atom is 0.322 e. The number of likely N-dealkylation sites (tertiary alicyclic amines) is 1. The van der Waals surface area contributed by atoms with Crippen LogP contribution in [0.15, 0.2) is 48.5 Å². The van der Waals surface area contributed by atoms with Crippen LogP contribution >= 0.6 is 0 Å². The van der Waals surface area contributed by atoms with Gasteiger partial charge in [0.15, 0.2) is 0 Å². The summed E-state index contributed by atoms with van der Waals surface area (Å²) < 4.78 is 0. The molecule has 2 aromatic rings. The monoisotopic (exact) mass is 325 g/mol. The van der Waals surface area contributed by atoms with E-state index in [-0.39, 0.29) is 23.4 Å². The fourth-order valence-electron chi connectivity index (χ4n) is 3.16. The summed E-state index contributed by atoms with van der Waals surface area (Å²) in [6.07, 6.45) is 1.82. The third-order valence-corrected chi connectivity index (χ3v) is 4.28. The zero-order chi connectivity index (χ0) is 17.1. The Morgan fingerprint density at radius 3 is 2.79 bits per heavy atom. The smallest absolute Gasteiger partial charge is 0.317 e. The van der Waals surface area contributed by atoms with Gasteiger partial charge in [0.05, 0.1) is 11.0 Å². The van der Waals surface area contributed by atoms with Crippen LogP contribution in [0.2, 0.25) is 0 Å². The Hall–Kier alpha value is -2.89. The predicted octanol–water partition coefficient (Wildman–Crippen LogP) is 4.27. The highest BCUT2D eigenvalue weighted by molar-refractivity contribution is 5.92. The molecule has 0 aliphatic carbocycles. The molecular weight excluding hydrogens is 306 g/mol. The lowest BCUT2D eigenvalue weighted by Crippen LogP contribution is -2.34. The molecule has 1 unspecified atom stereocenters. The number of anilines is 1. The van der Waals surface area contributed by atoms with Gasteiger partial charge < -0.3 is 10.2 Å². The predicted molar refractivity (Wildman–Crippen MR) is 92.0 cm³/mol. The molecule has 6 heteroatoms. The number of nitro benzene ring substituents is 1. The summed E-state index contributed by atoms with van der Waals surface area (Å²) in [6, 6.07) is 14.0. The minimum atomic E-state index is -0.488. The molecule has 1 heterocycles. The molecule has 1 aliphatic rings. The quantitative estimate of drug-likeness (QED) is 0.676. The number of rotatable bonds is 3. The zero-order valence-corrected chi connectivity index (χ0v) is 13.4. The van der Waals surface area contributed by atoms with Crippen LogP contribution in [0, 0.1) is 17.0 Å². The molecular formula is C18H19N3O3. The van der Waals surface area contributed by atoms with Crippen LogP contribution in [0.1, 0.15) is 30.0 Å². The van der Waals surface area contributed by atoms with Crippen molar-refractivity contribution in [2.45, 2.75) is 25.8 Å². The lowest BCUT2D eigenvalue weighted by Gasteiger charge is -2.25. The molecule has 1 fully saturated rings. The summed E-state index contributed by atoms with van der Waals surface area (Å²) in [6.45, 7) is 2.67. The second-order valence-corrected chi connectivity index (χ2v) is 5.97. The lowest BCUT2D eigenvalue weighted by molar-refractivity contribution is -0.383. The highest BCUT2D eigenvalue weighted by atomic mass is 16.6. The third kappa shape index (κ3) is 3.22. The van der Waals surface area contributed by atoms with Crippen molar-refractivity contribution >= 4 is 17.4 Å². The van der Waals surface area contributed by atoms with E-state index in [9.17, 15) is 14.9 Å². The van der Waals surface area contributed by atoms with Crippen LogP contribution in [-0.2, 0) is 0 Å². The van der Waals surface area contributed by atoms with Crippen LogP contribution in [0.25, 0.3) is 0 Å². The van der Waals surface area contributed by atoms with Crippen molar-refractivity contribution in [3.8, 4) is 0 Å². The SMILES string of the molecule is Cc1cccc(C2CCCN2C(=O)Nc2ccccc2[N+](=O)[O-])c1. The molecule has 6 nitrogen and oxygen atoms in total. The van der Waals surface area contributed by atoms with Crippen LogP contribution in [0.3, 0.4) is 0 Å². The Kier molecular flexibility index (Phi) is 4.46. The Labute approximate surface area is 140 Å². The minimum Gasteiger partial charge on any atom is -0.317 e. The number of carbonyl (C=O) groups is 1. The molecule has 0 aromatic heterocycles. The molecule has 1 aliphatic heterocycles. The van der Waals surface area contributed by atoms with E-state index in [1.807, 2.05) is 25.1 Å². The van der Waals surface area contributed by atoms with Crippen molar-refractivity contribution < 1.29 is 9.72 Å². The van der Waals surface area contributed by atoms with Gasteiger partial charge in [0.2, 0.25) is 0 Å². The van der Waals surface area contributed by atoms with Gasteiger partial charge in [0, 0.05) is 12.6 Å². The standard InChI is InChI=1S/C18H19N3O3/c1-13-6-4-7-14(12-13)16-10-5-11-20(16)18(22)19-15-8-2-3-9-17(15)21(23)24/h2-4,6-9,12,16H,5,10-11H2,1H3,(H,19,22). The Morgan fingerprint density at radius 1 is 1.25 bits per heavy atom. The average molecular weight is 325 g/mol. The largest absolute Gasteiger partial charge is 0.322 e. The molecule has 0 saturated carbocycles. The Balaban J connectivity index is 1.81. The topological polar surface area (TPSA) is 75.5 Å². The van der Waals surface area contributed by atoms with E-state index in [0.717, 1.165) is 24.0 Å². The number of amides is 2. The van der Waals surface area contributed by atoms with E-state index in [4.69, 9.17) is 0 Å². The van der Waals surface area contributed by atoms with Gasteiger partial charge in [0.1, 0.15) is 5.69 Å². The second kappa shape index (κ2) is 6.70. The number of nitrogens with one attached hydrogen (secondary N) is 1. The van der Waals surface area contributed by atoms with Gasteiger partial charge in [-0.3, -0.25) is 10.1 Å². The Bertz CT molecular complexity index is 776. The Morgan fingerprint density at radius 2 is 2.04 bits per heavy atom. The number of nitro groups is 1. The van der Waals surface area contributed by atoms with Crippen molar-refractivity contribution in [2.24, 2.45) is 0 Å². The molecule has 1 saturated heterocycles. The fourth-order valence-corrected chi connectivity index (χ4v) is 3.16. The number of carbonyl (C=O) groups excluding carboxylic acids is 1. The number of hydrogen-bond donors (Lipinski definition) is 1. The van der Waals surface area contributed by atoms with Crippen molar-refractivity contribution in [1.82, 2.24) is 4.90 Å². The van der Waals surface area contributed by atoms with E-state index in [2.05, 4.69) is 11.4 Å². The van der Waals surface area contributed by atoms with Gasteiger partial charge in [-0.15, -0.1) is 0 Å². The first kappa shape index (κ1) is 16.0. The maximum absolute atomic E-state index is 12.7.